The Balaban J connectivity index is 1.77. The Kier molecular flexibility index (Phi) is 4.86. The Hall–Kier alpha value is -3.52. The van der Waals surface area contributed by atoms with Gasteiger partial charge in [0.1, 0.15) is 11.4 Å². The third-order valence-corrected chi connectivity index (χ3v) is 6.31. The topological polar surface area (TPSA) is 80.1 Å². The zero-order valence-electron chi connectivity index (χ0n) is 18.6. The largest absolute Gasteiger partial charge is 0.450 e. The summed E-state index contributed by atoms with van der Waals surface area (Å²) in [6.45, 7) is 4.39. The van der Waals surface area contributed by atoms with Gasteiger partial charge in [-0.25, -0.2) is 4.39 Å². The lowest BCUT2D eigenvalue weighted by atomic mass is 9.84. The fraction of sp³-hybridized carbons (Fsp3) is 0.320. The van der Waals surface area contributed by atoms with Crippen molar-refractivity contribution in [3.63, 3.8) is 0 Å². The summed E-state index contributed by atoms with van der Waals surface area (Å²) in [6, 6.07) is 10.6. The van der Waals surface area contributed by atoms with Crippen molar-refractivity contribution in [3.8, 4) is 0 Å². The van der Waals surface area contributed by atoms with Crippen molar-refractivity contribution >= 4 is 28.5 Å². The second-order valence-electron chi connectivity index (χ2n) is 8.60. The number of carbonyl (C=O) groups is 2. The molecule has 1 spiro atoms. The highest BCUT2D eigenvalue weighted by Crippen LogP contribution is 2.52. The van der Waals surface area contributed by atoms with Crippen LogP contribution in [0.25, 0.3) is 11.0 Å². The Morgan fingerprint density at radius 1 is 1.12 bits per heavy atom. The van der Waals surface area contributed by atoms with Gasteiger partial charge >= 0.3 is 0 Å². The quantitative estimate of drug-likeness (QED) is 0.557. The van der Waals surface area contributed by atoms with Crippen LogP contribution >= 0.6 is 0 Å². The molecule has 2 aliphatic heterocycles. The normalized spacial score (nSPS) is 19.3. The van der Waals surface area contributed by atoms with Gasteiger partial charge in [-0.05, 0) is 44.5 Å². The van der Waals surface area contributed by atoms with Gasteiger partial charge in [-0.3, -0.25) is 14.4 Å². The van der Waals surface area contributed by atoms with Gasteiger partial charge in [0.25, 0.3) is 11.8 Å². The second kappa shape index (κ2) is 7.52. The number of carbonyl (C=O) groups excluding carboxylic acids is 2. The van der Waals surface area contributed by atoms with Crippen molar-refractivity contribution in [2.75, 3.05) is 25.1 Å². The van der Waals surface area contributed by atoms with Crippen molar-refractivity contribution in [2.24, 2.45) is 0 Å². The van der Waals surface area contributed by atoms with Crippen molar-refractivity contribution in [2.45, 2.75) is 31.9 Å². The maximum absolute atomic E-state index is 14.0. The van der Waals surface area contributed by atoms with Crippen LogP contribution in [0.4, 0.5) is 10.1 Å². The highest BCUT2D eigenvalue weighted by molar-refractivity contribution is 6.16. The van der Waals surface area contributed by atoms with Crippen LogP contribution in [-0.4, -0.2) is 43.0 Å². The van der Waals surface area contributed by atoms with Crippen molar-refractivity contribution < 1.29 is 23.1 Å². The Morgan fingerprint density at radius 3 is 2.64 bits per heavy atom. The average molecular weight is 450 g/mol. The summed E-state index contributed by atoms with van der Waals surface area (Å²) in [6.07, 6.45) is 0.482. The monoisotopic (exact) mass is 450 g/mol. The molecule has 1 aromatic heterocycles. The maximum atomic E-state index is 14.0. The van der Waals surface area contributed by atoms with Gasteiger partial charge in [0.15, 0.2) is 11.0 Å². The number of anilines is 1. The molecule has 170 valence electrons. The fourth-order valence-electron chi connectivity index (χ4n) is 4.91. The molecule has 33 heavy (non-hydrogen) atoms. The minimum atomic E-state index is -1.67. The first-order valence-corrected chi connectivity index (χ1v) is 10.9. The highest BCUT2D eigenvalue weighted by atomic mass is 19.1. The van der Waals surface area contributed by atoms with Crippen LogP contribution in [0.3, 0.4) is 0 Å². The summed E-state index contributed by atoms with van der Waals surface area (Å²) < 4.78 is 25.5. The Bertz CT molecular complexity index is 1360. The molecule has 8 heteroatoms. The summed E-state index contributed by atoms with van der Waals surface area (Å²) in [7, 11) is 1.61. The van der Waals surface area contributed by atoms with E-state index in [1.54, 1.807) is 31.3 Å². The second-order valence-corrected chi connectivity index (χ2v) is 8.60. The van der Waals surface area contributed by atoms with Crippen molar-refractivity contribution in [1.82, 2.24) is 4.90 Å². The lowest BCUT2D eigenvalue weighted by molar-refractivity contribution is -0.125. The number of likely N-dealkylation sites (N-methyl/N-ethyl adjacent to an activating group) is 1. The zero-order chi connectivity index (χ0) is 23.5. The molecule has 0 unspecified atom stereocenters. The fourth-order valence-corrected chi connectivity index (χ4v) is 4.91. The van der Waals surface area contributed by atoms with Crippen LogP contribution in [0.15, 0.2) is 51.7 Å². The molecule has 5 rings (SSSR count). The lowest BCUT2D eigenvalue weighted by Gasteiger charge is -2.34. The highest BCUT2D eigenvalue weighted by Gasteiger charge is 2.64. The van der Waals surface area contributed by atoms with Gasteiger partial charge < -0.3 is 19.0 Å². The minimum Gasteiger partial charge on any atom is -0.450 e. The zero-order valence-corrected chi connectivity index (χ0v) is 18.6. The number of rotatable bonds is 5. The minimum absolute atomic E-state index is 0.00856. The van der Waals surface area contributed by atoms with Crippen molar-refractivity contribution in [3.05, 3.63) is 75.4 Å². The number of hydrogen-bond acceptors (Lipinski definition) is 5. The number of nitrogens with zero attached hydrogens (tertiary/aromatic N) is 2. The van der Waals surface area contributed by atoms with Crippen LogP contribution in [0.5, 0.6) is 0 Å². The number of para-hydroxylation sites is 1. The predicted octanol–water partition coefficient (Wildman–Crippen LogP) is 3.42. The summed E-state index contributed by atoms with van der Waals surface area (Å²) in [5.41, 5.74) is -1.09. The Labute approximate surface area is 189 Å². The SMILES string of the molecule is CC(C)OCCCN1C(=O)c2oc3ccc(F)cc3c(=O)c2[C@]12C(=O)N(C)c1ccccc12. The van der Waals surface area contributed by atoms with Gasteiger partial charge in [-0.2, -0.15) is 0 Å². The van der Waals surface area contributed by atoms with E-state index in [4.69, 9.17) is 9.15 Å². The number of hydrogen-bond donors (Lipinski definition) is 0. The van der Waals surface area contributed by atoms with Gasteiger partial charge in [0.2, 0.25) is 5.76 Å². The van der Waals surface area contributed by atoms with Gasteiger partial charge in [0, 0.05) is 31.5 Å². The molecule has 2 aliphatic rings. The smallest absolute Gasteiger partial charge is 0.291 e. The van der Waals surface area contributed by atoms with Crippen molar-refractivity contribution in [1.29, 1.82) is 0 Å². The van der Waals surface area contributed by atoms with Crippen LogP contribution < -0.4 is 10.3 Å². The third-order valence-electron chi connectivity index (χ3n) is 6.31. The van der Waals surface area contributed by atoms with E-state index < -0.39 is 28.6 Å². The summed E-state index contributed by atoms with van der Waals surface area (Å²) in [4.78, 5) is 44.0. The number of halogens is 1. The number of amides is 2. The molecular weight excluding hydrogens is 427 g/mol. The molecule has 0 saturated carbocycles. The molecule has 2 aromatic carbocycles. The van der Waals surface area contributed by atoms with Gasteiger partial charge in [-0.15, -0.1) is 0 Å². The molecule has 2 amide bonds. The molecule has 0 N–H and O–H groups in total. The van der Waals surface area contributed by atoms with Crippen LogP contribution in [-0.2, 0) is 15.1 Å². The van der Waals surface area contributed by atoms with E-state index in [2.05, 4.69) is 0 Å². The lowest BCUT2D eigenvalue weighted by Crippen LogP contribution is -2.53. The summed E-state index contributed by atoms with van der Waals surface area (Å²) in [5, 5.41) is -0.00856. The molecule has 3 heterocycles. The first-order valence-electron chi connectivity index (χ1n) is 10.9. The van der Waals surface area contributed by atoms with E-state index in [9.17, 15) is 18.8 Å². The van der Waals surface area contributed by atoms with Gasteiger partial charge in [0.05, 0.1) is 17.1 Å². The summed E-state index contributed by atoms with van der Waals surface area (Å²) in [5.74, 6) is -1.76. The van der Waals surface area contributed by atoms with E-state index in [-0.39, 0.29) is 34.9 Å². The van der Waals surface area contributed by atoms with E-state index in [0.717, 1.165) is 12.1 Å². The first-order chi connectivity index (χ1) is 15.8. The molecule has 1 atom stereocenters. The first kappa shape index (κ1) is 21.3. The number of ether oxygens (including phenoxy) is 1. The number of benzene rings is 2. The molecule has 0 fully saturated rings. The number of fused-ring (bicyclic) bond motifs is 5. The summed E-state index contributed by atoms with van der Waals surface area (Å²) >= 11 is 0. The van der Waals surface area contributed by atoms with E-state index >= 15 is 0 Å². The molecule has 0 aliphatic carbocycles. The Morgan fingerprint density at radius 2 is 1.88 bits per heavy atom. The molecule has 3 aromatic rings. The molecular formula is C25H23FN2O5. The van der Waals surface area contributed by atoms with Crippen LogP contribution in [0, 0.1) is 5.82 Å². The van der Waals surface area contributed by atoms with Crippen LogP contribution in [0.2, 0.25) is 0 Å². The van der Waals surface area contributed by atoms with Crippen LogP contribution in [0.1, 0.15) is 41.9 Å². The van der Waals surface area contributed by atoms with Gasteiger partial charge in [-0.1, -0.05) is 18.2 Å². The standard InChI is InChI=1S/C25H23FN2O5/c1-14(2)32-12-6-11-28-23(30)22-20(21(29)16-13-15(26)9-10-19(16)33-22)25(28)17-7-4-5-8-18(17)27(3)24(25)31/h4-5,7-10,13-14H,6,11-12H2,1-3H3/t25-/m1/s1. The molecule has 0 bridgehead atoms. The molecule has 0 saturated heterocycles. The van der Waals surface area contributed by atoms with E-state index in [1.165, 1.54) is 15.9 Å². The average Bonchev–Trinajstić information content (AvgIpc) is 3.17. The maximum Gasteiger partial charge on any atom is 0.291 e. The molecule has 7 nitrogen and oxygen atoms in total. The van der Waals surface area contributed by atoms with E-state index in [0.29, 0.717) is 24.3 Å². The predicted molar refractivity (Wildman–Crippen MR) is 120 cm³/mol. The third kappa shape index (κ3) is 2.87. The van der Waals surface area contributed by atoms with E-state index in [1.807, 2.05) is 13.8 Å². The molecule has 0 radical (unpaired) electrons.